The van der Waals surface area contributed by atoms with Crippen LogP contribution in [0, 0.1) is 0 Å². The summed E-state index contributed by atoms with van der Waals surface area (Å²) in [5.74, 6) is -1.30. The van der Waals surface area contributed by atoms with E-state index in [9.17, 15) is 31.1 Å². The van der Waals surface area contributed by atoms with E-state index >= 15 is 0 Å². The van der Waals surface area contributed by atoms with Gasteiger partial charge in [-0.3, -0.25) is 4.79 Å². The van der Waals surface area contributed by atoms with Gasteiger partial charge in [-0.1, -0.05) is 29.3 Å². The van der Waals surface area contributed by atoms with Crippen molar-refractivity contribution in [2.45, 2.75) is 25.3 Å². The molecule has 1 unspecified atom stereocenters. The zero-order chi connectivity index (χ0) is 25.3. The molecule has 1 atom stereocenters. The second-order valence-corrected chi connectivity index (χ2v) is 7.59. The van der Waals surface area contributed by atoms with Crippen LogP contribution in [0.25, 0.3) is 11.4 Å². The number of hydrazone groups is 1. The van der Waals surface area contributed by atoms with Gasteiger partial charge in [0.1, 0.15) is 0 Å². The Morgan fingerprint density at radius 1 is 1.06 bits per heavy atom. The van der Waals surface area contributed by atoms with Crippen LogP contribution in [-0.4, -0.2) is 32.3 Å². The van der Waals surface area contributed by atoms with Gasteiger partial charge in [0.05, 0.1) is 27.4 Å². The standard InChI is InChI=1S/C19H12Cl2F6N6O/c1-9(17(34)30-28-8-13-14(20)3-2-4-15(13)21)33-31-16(29-32-33)10-5-11(18(22,23)24)7-12(6-10)19(25,26)27/h2-9H,1H3,(H,30,34). The van der Waals surface area contributed by atoms with Crippen molar-refractivity contribution >= 4 is 35.3 Å². The van der Waals surface area contributed by atoms with E-state index < -0.39 is 46.8 Å². The van der Waals surface area contributed by atoms with Gasteiger partial charge in [-0.05, 0) is 42.5 Å². The molecular formula is C19H12Cl2F6N6O. The highest BCUT2D eigenvalue weighted by Crippen LogP contribution is 2.38. The van der Waals surface area contributed by atoms with Crippen molar-refractivity contribution in [2.75, 3.05) is 0 Å². The van der Waals surface area contributed by atoms with E-state index in [0.29, 0.717) is 17.7 Å². The summed E-state index contributed by atoms with van der Waals surface area (Å²) in [5, 5.41) is 15.1. The number of aromatic nitrogens is 4. The molecule has 0 saturated heterocycles. The molecule has 1 N–H and O–H groups in total. The molecule has 15 heteroatoms. The van der Waals surface area contributed by atoms with Crippen molar-refractivity contribution in [1.29, 1.82) is 0 Å². The number of amides is 1. The first-order valence-electron chi connectivity index (χ1n) is 9.13. The maximum Gasteiger partial charge on any atom is 0.416 e. The van der Waals surface area contributed by atoms with Crippen molar-refractivity contribution in [1.82, 2.24) is 25.6 Å². The largest absolute Gasteiger partial charge is 0.416 e. The zero-order valence-electron chi connectivity index (χ0n) is 16.8. The van der Waals surface area contributed by atoms with Crippen LogP contribution in [0.1, 0.15) is 29.7 Å². The Morgan fingerprint density at radius 2 is 1.62 bits per heavy atom. The summed E-state index contributed by atoms with van der Waals surface area (Å²) in [7, 11) is 0. The fourth-order valence-corrected chi connectivity index (χ4v) is 3.08. The van der Waals surface area contributed by atoms with Crippen molar-refractivity contribution in [3.05, 3.63) is 63.1 Å². The molecule has 1 heterocycles. The lowest BCUT2D eigenvalue weighted by Gasteiger charge is -2.13. The Hall–Kier alpha value is -3.19. The lowest BCUT2D eigenvalue weighted by Crippen LogP contribution is -2.28. The molecule has 0 aliphatic heterocycles. The topological polar surface area (TPSA) is 85.1 Å². The first kappa shape index (κ1) is 25.4. The molecule has 0 radical (unpaired) electrons. The lowest BCUT2D eigenvalue weighted by molar-refractivity contribution is -0.143. The van der Waals surface area contributed by atoms with Gasteiger partial charge in [0, 0.05) is 11.1 Å². The molecule has 0 spiro atoms. The molecular weight excluding hydrogens is 513 g/mol. The van der Waals surface area contributed by atoms with Gasteiger partial charge in [-0.15, -0.1) is 10.2 Å². The predicted octanol–water partition coefficient (Wildman–Crippen LogP) is 5.40. The monoisotopic (exact) mass is 524 g/mol. The molecule has 0 saturated carbocycles. The van der Waals surface area contributed by atoms with Crippen LogP contribution in [0.15, 0.2) is 41.5 Å². The van der Waals surface area contributed by atoms with Crippen molar-refractivity contribution in [3.8, 4) is 11.4 Å². The first-order chi connectivity index (χ1) is 15.8. The number of alkyl halides is 6. The molecule has 1 aromatic heterocycles. The summed E-state index contributed by atoms with van der Waals surface area (Å²) in [6.07, 6.45) is -8.89. The molecule has 7 nitrogen and oxygen atoms in total. The third-order valence-corrected chi connectivity index (χ3v) is 5.03. The van der Waals surface area contributed by atoms with E-state index in [1.807, 2.05) is 0 Å². The normalized spacial score (nSPS) is 13.3. The van der Waals surface area contributed by atoms with E-state index in [4.69, 9.17) is 23.2 Å². The van der Waals surface area contributed by atoms with Crippen LogP contribution in [-0.2, 0) is 17.1 Å². The van der Waals surface area contributed by atoms with Crippen molar-refractivity contribution in [3.63, 3.8) is 0 Å². The van der Waals surface area contributed by atoms with Crippen molar-refractivity contribution < 1.29 is 31.1 Å². The maximum atomic E-state index is 13.1. The Morgan fingerprint density at radius 3 is 2.15 bits per heavy atom. The summed E-state index contributed by atoms with van der Waals surface area (Å²) < 4.78 is 78.4. The minimum atomic E-state index is -5.04. The smallest absolute Gasteiger partial charge is 0.271 e. The number of carbonyl (C=O) groups is 1. The van der Waals surface area contributed by atoms with E-state index in [0.717, 1.165) is 4.80 Å². The minimum absolute atomic E-state index is 0.0206. The van der Waals surface area contributed by atoms with Crippen molar-refractivity contribution in [2.24, 2.45) is 5.10 Å². The molecule has 2 aromatic carbocycles. The highest BCUT2D eigenvalue weighted by molar-refractivity contribution is 6.38. The van der Waals surface area contributed by atoms with E-state index in [2.05, 4.69) is 25.9 Å². The predicted molar refractivity (Wildman–Crippen MR) is 110 cm³/mol. The van der Waals surface area contributed by atoms with Crippen LogP contribution < -0.4 is 5.43 Å². The Balaban J connectivity index is 1.82. The van der Waals surface area contributed by atoms with Gasteiger partial charge in [0.2, 0.25) is 5.82 Å². The number of hydrogen-bond acceptors (Lipinski definition) is 5. The first-order valence-corrected chi connectivity index (χ1v) is 9.89. The maximum absolute atomic E-state index is 13.1. The molecule has 0 aliphatic carbocycles. The van der Waals surface area contributed by atoms with Crippen LogP contribution in [0.3, 0.4) is 0 Å². The SMILES string of the molecule is CC(C(=O)NN=Cc1c(Cl)cccc1Cl)n1nnc(-c2cc(C(F)(F)F)cc(C(F)(F)F)c2)n1. The van der Waals surface area contributed by atoms with Gasteiger partial charge < -0.3 is 0 Å². The number of carbonyl (C=O) groups excluding carboxylic acids is 1. The molecule has 3 aromatic rings. The number of nitrogens with one attached hydrogen (secondary N) is 1. The van der Waals surface area contributed by atoms with E-state index in [1.54, 1.807) is 18.2 Å². The third-order valence-electron chi connectivity index (χ3n) is 4.37. The average molecular weight is 525 g/mol. The second kappa shape index (κ2) is 9.58. The fraction of sp³-hybridized carbons (Fsp3) is 0.211. The quantitative estimate of drug-likeness (QED) is 0.275. The minimum Gasteiger partial charge on any atom is -0.271 e. The summed E-state index contributed by atoms with van der Waals surface area (Å²) in [5.41, 5.74) is -1.13. The highest BCUT2D eigenvalue weighted by Gasteiger charge is 2.37. The number of benzene rings is 2. The Kier molecular flexibility index (Phi) is 7.17. The summed E-state index contributed by atoms with van der Waals surface area (Å²) in [6, 6.07) is 4.44. The van der Waals surface area contributed by atoms with Gasteiger partial charge in [0.25, 0.3) is 5.91 Å². The molecule has 34 heavy (non-hydrogen) atoms. The van der Waals surface area contributed by atoms with Gasteiger partial charge >= 0.3 is 12.4 Å². The third kappa shape index (κ3) is 5.83. The number of hydrogen-bond donors (Lipinski definition) is 1. The lowest BCUT2D eigenvalue weighted by atomic mass is 10.0. The summed E-state index contributed by atoms with van der Waals surface area (Å²) in [4.78, 5) is 13.0. The summed E-state index contributed by atoms with van der Waals surface area (Å²) >= 11 is 12.0. The highest BCUT2D eigenvalue weighted by atomic mass is 35.5. The van der Waals surface area contributed by atoms with Crippen LogP contribution in [0.5, 0.6) is 0 Å². The number of rotatable bonds is 5. The van der Waals surface area contributed by atoms with Gasteiger partial charge in [-0.25, -0.2) is 5.43 Å². The van der Waals surface area contributed by atoms with E-state index in [-0.39, 0.29) is 16.1 Å². The number of nitrogens with zero attached hydrogens (tertiary/aromatic N) is 5. The fourth-order valence-electron chi connectivity index (χ4n) is 2.58. The molecule has 1 amide bonds. The molecule has 0 fully saturated rings. The number of tetrazole rings is 1. The van der Waals surface area contributed by atoms with Crippen LogP contribution >= 0.6 is 23.2 Å². The van der Waals surface area contributed by atoms with E-state index in [1.165, 1.54) is 13.1 Å². The molecule has 0 aliphatic rings. The molecule has 3 rings (SSSR count). The molecule has 0 bridgehead atoms. The van der Waals surface area contributed by atoms with Gasteiger partial charge in [-0.2, -0.15) is 36.2 Å². The Bertz CT molecular complexity index is 1190. The Labute approximate surface area is 197 Å². The second-order valence-electron chi connectivity index (χ2n) is 6.77. The molecule has 180 valence electrons. The average Bonchev–Trinajstić information content (AvgIpc) is 3.24. The van der Waals surface area contributed by atoms with Crippen LogP contribution in [0.4, 0.5) is 26.3 Å². The number of halogens is 8. The zero-order valence-corrected chi connectivity index (χ0v) is 18.3. The van der Waals surface area contributed by atoms with Crippen LogP contribution in [0.2, 0.25) is 10.0 Å². The summed E-state index contributed by atoms with van der Waals surface area (Å²) in [6.45, 7) is 1.31. The van der Waals surface area contributed by atoms with Gasteiger partial charge in [0.15, 0.2) is 6.04 Å².